The molecule has 0 aromatic heterocycles. The normalized spacial score (nSPS) is 12.3. The first-order valence-electron chi connectivity index (χ1n) is 5.45. The topological polar surface area (TPSA) is 9.23 Å². The van der Waals surface area contributed by atoms with Crippen LogP contribution in [0.3, 0.4) is 0 Å². The van der Waals surface area contributed by atoms with E-state index in [0.717, 1.165) is 14.7 Å². The van der Waals surface area contributed by atoms with Crippen molar-refractivity contribution in [2.24, 2.45) is 0 Å². The second kappa shape index (κ2) is 6.17. The molecular weight excluding hydrogens is 429 g/mol. The summed E-state index contributed by atoms with van der Waals surface area (Å²) in [7, 11) is 1.42. The first-order chi connectivity index (χ1) is 9.02. The van der Waals surface area contributed by atoms with Crippen LogP contribution < -0.4 is 4.74 Å². The van der Waals surface area contributed by atoms with Crippen molar-refractivity contribution in [3.63, 3.8) is 0 Å². The van der Waals surface area contributed by atoms with Crippen LogP contribution in [0.4, 0.5) is 8.78 Å². The van der Waals surface area contributed by atoms with Crippen molar-refractivity contribution < 1.29 is 13.5 Å². The Labute approximate surface area is 132 Å². The van der Waals surface area contributed by atoms with Gasteiger partial charge in [0, 0.05) is 3.57 Å². The lowest BCUT2D eigenvalue weighted by Gasteiger charge is -2.14. The van der Waals surface area contributed by atoms with E-state index >= 15 is 0 Å². The lowest BCUT2D eigenvalue weighted by molar-refractivity contribution is 0.386. The SMILES string of the molecule is COc1ccc(C(Br)c2ccc(F)cc2I)cc1F. The van der Waals surface area contributed by atoms with E-state index in [1.54, 1.807) is 18.2 Å². The highest BCUT2D eigenvalue weighted by molar-refractivity contribution is 14.1. The van der Waals surface area contributed by atoms with Crippen molar-refractivity contribution in [3.8, 4) is 5.75 Å². The number of benzene rings is 2. The van der Waals surface area contributed by atoms with Crippen molar-refractivity contribution in [3.05, 3.63) is 62.7 Å². The van der Waals surface area contributed by atoms with E-state index in [1.165, 1.54) is 25.3 Å². The zero-order valence-electron chi connectivity index (χ0n) is 9.96. The summed E-state index contributed by atoms with van der Waals surface area (Å²) in [6.07, 6.45) is 0. The van der Waals surface area contributed by atoms with E-state index in [0.29, 0.717) is 0 Å². The summed E-state index contributed by atoms with van der Waals surface area (Å²) in [5.41, 5.74) is 1.65. The van der Waals surface area contributed by atoms with Crippen molar-refractivity contribution in [1.29, 1.82) is 0 Å². The van der Waals surface area contributed by atoms with Crippen molar-refractivity contribution in [2.75, 3.05) is 7.11 Å². The quantitative estimate of drug-likeness (QED) is 0.480. The smallest absolute Gasteiger partial charge is 0.165 e. The van der Waals surface area contributed by atoms with Crippen LogP contribution in [0, 0.1) is 15.2 Å². The first-order valence-corrected chi connectivity index (χ1v) is 7.45. The fourth-order valence-corrected chi connectivity index (χ4v) is 3.63. The third-order valence-corrected chi connectivity index (χ3v) is 4.66. The van der Waals surface area contributed by atoms with E-state index in [1.807, 2.05) is 0 Å². The minimum atomic E-state index is -0.415. The van der Waals surface area contributed by atoms with Crippen molar-refractivity contribution >= 4 is 38.5 Å². The number of ether oxygens (including phenoxy) is 1. The summed E-state index contributed by atoms with van der Waals surface area (Å²) in [5.74, 6) is -0.493. The Hall–Kier alpha value is -0.690. The van der Waals surface area contributed by atoms with E-state index in [2.05, 4.69) is 38.5 Å². The Morgan fingerprint density at radius 2 is 1.89 bits per heavy atom. The molecule has 100 valence electrons. The molecule has 1 atom stereocenters. The summed E-state index contributed by atoms with van der Waals surface area (Å²) in [5, 5.41) is 0. The molecule has 1 nitrogen and oxygen atoms in total. The molecule has 0 aliphatic rings. The average molecular weight is 439 g/mol. The Morgan fingerprint density at radius 3 is 2.47 bits per heavy atom. The first kappa shape index (κ1) is 14.7. The molecule has 2 aromatic carbocycles. The van der Waals surface area contributed by atoms with Gasteiger partial charge in [0.1, 0.15) is 5.82 Å². The van der Waals surface area contributed by atoms with Crippen LogP contribution in [0.25, 0.3) is 0 Å². The average Bonchev–Trinajstić information content (AvgIpc) is 2.38. The standard InChI is InChI=1S/C14H10BrF2IO/c1-19-13-5-2-8(6-11(13)17)14(15)10-4-3-9(16)7-12(10)18/h2-7,14H,1H3. The fraction of sp³-hybridized carbons (Fsp3) is 0.143. The Balaban J connectivity index is 2.38. The van der Waals surface area contributed by atoms with Crippen molar-refractivity contribution in [2.45, 2.75) is 4.83 Å². The number of alkyl halides is 1. The highest BCUT2D eigenvalue weighted by atomic mass is 127. The minimum absolute atomic E-state index is 0.194. The van der Waals surface area contributed by atoms with Crippen LogP contribution in [0.5, 0.6) is 5.75 Å². The zero-order chi connectivity index (χ0) is 14.0. The molecule has 0 N–H and O–H groups in total. The van der Waals surface area contributed by atoms with E-state index in [-0.39, 0.29) is 16.4 Å². The van der Waals surface area contributed by atoms with Gasteiger partial charge in [-0.15, -0.1) is 0 Å². The summed E-state index contributed by atoms with van der Waals surface area (Å²) in [6, 6.07) is 9.31. The van der Waals surface area contributed by atoms with Crippen LogP contribution in [0.1, 0.15) is 16.0 Å². The van der Waals surface area contributed by atoms with E-state index in [9.17, 15) is 8.78 Å². The van der Waals surface area contributed by atoms with Gasteiger partial charge in [-0.2, -0.15) is 0 Å². The molecule has 2 rings (SSSR count). The summed E-state index contributed by atoms with van der Waals surface area (Å²) >= 11 is 5.58. The molecule has 1 unspecified atom stereocenters. The van der Waals surface area contributed by atoms with Crippen LogP contribution >= 0.6 is 38.5 Å². The Kier molecular flexibility index (Phi) is 4.78. The number of halogens is 4. The molecule has 0 spiro atoms. The van der Waals surface area contributed by atoms with Gasteiger partial charge in [0.2, 0.25) is 0 Å². The van der Waals surface area contributed by atoms with E-state index in [4.69, 9.17) is 4.74 Å². The number of methoxy groups -OCH3 is 1. The third kappa shape index (κ3) is 3.25. The second-order valence-corrected chi connectivity index (χ2v) is 6.00. The van der Waals surface area contributed by atoms with Crippen molar-refractivity contribution in [1.82, 2.24) is 0 Å². The molecule has 0 aliphatic heterocycles. The largest absolute Gasteiger partial charge is 0.494 e. The Morgan fingerprint density at radius 1 is 1.16 bits per heavy atom. The molecule has 0 bridgehead atoms. The number of rotatable bonds is 3. The maximum atomic E-state index is 13.7. The van der Waals surface area contributed by atoms with Gasteiger partial charge in [-0.1, -0.05) is 28.1 Å². The lowest BCUT2D eigenvalue weighted by atomic mass is 10.0. The minimum Gasteiger partial charge on any atom is -0.494 e. The monoisotopic (exact) mass is 438 g/mol. The molecule has 0 aliphatic carbocycles. The highest BCUT2D eigenvalue weighted by Crippen LogP contribution is 2.35. The molecule has 0 amide bonds. The van der Waals surface area contributed by atoms with Gasteiger partial charge in [-0.3, -0.25) is 0 Å². The zero-order valence-corrected chi connectivity index (χ0v) is 13.7. The van der Waals surface area contributed by atoms with E-state index < -0.39 is 5.82 Å². The van der Waals surface area contributed by atoms with Gasteiger partial charge in [0.15, 0.2) is 11.6 Å². The third-order valence-electron chi connectivity index (χ3n) is 2.70. The predicted octanol–water partition coefficient (Wildman–Crippen LogP) is 5.06. The summed E-state index contributed by atoms with van der Waals surface area (Å²) in [6.45, 7) is 0. The molecule has 0 saturated heterocycles. The number of hydrogen-bond acceptors (Lipinski definition) is 1. The van der Waals surface area contributed by atoms with Gasteiger partial charge >= 0.3 is 0 Å². The van der Waals surface area contributed by atoms with Gasteiger partial charge in [-0.25, -0.2) is 8.78 Å². The lowest BCUT2D eigenvalue weighted by Crippen LogP contribution is -1.98. The molecule has 2 aromatic rings. The molecule has 0 saturated carbocycles. The summed E-state index contributed by atoms with van der Waals surface area (Å²) < 4.78 is 32.4. The highest BCUT2D eigenvalue weighted by Gasteiger charge is 2.16. The van der Waals surface area contributed by atoms with Crippen LogP contribution in [0.2, 0.25) is 0 Å². The number of hydrogen-bond donors (Lipinski definition) is 0. The van der Waals surface area contributed by atoms with Crippen LogP contribution in [-0.2, 0) is 0 Å². The van der Waals surface area contributed by atoms with Gasteiger partial charge < -0.3 is 4.74 Å². The molecule has 0 fully saturated rings. The molecule has 5 heteroatoms. The van der Waals surface area contributed by atoms with Gasteiger partial charge in [0.05, 0.1) is 11.9 Å². The summed E-state index contributed by atoms with van der Waals surface area (Å²) in [4.78, 5) is -0.194. The van der Waals surface area contributed by atoms with Gasteiger partial charge in [0.25, 0.3) is 0 Å². The second-order valence-electron chi connectivity index (χ2n) is 3.92. The molecule has 0 heterocycles. The molecular formula is C14H10BrF2IO. The van der Waals surface area contributed by atoms with Gasteiger partial charge in [-0.05, 0) is 58.0 Å². The van der Waals surface area contributed by atoms with Crippen LogP contribution in [0.15, 0.2) is 36.4 Å². The van der Waals surface area contributed by atoms with Crippen LogP contribution in [-0.4, -0.2) is 7.11 Å². The predicted molar refractivity (Wildman–Crippen MR) is 82.8 cm³/mol. The maximum absolute atomic E-state index is 13.7. The molecule has 19 heavy (non-hydrogen) atoms. The molecule has 0 radical (unpaired) electrons. The maximum Gasteiger partial charge on any atom is 0.165 e. The fourth-order valence-electron chi connectivity index (χ4n) is 1.73. The Bertz CT molecular complexity index is 604.